The van der Waals surface area contributed by atoms with Crippen LogP contribution in [0.15, 0.2) is 0 Å². The molecule has 0 aromatic heterocycles. The fourth-order valence-corrected chi connectivity index (χ4v) is 0.214. The van der Waals surface area contributed by atoms with E-state index in [1.807, 2.05) is 0 Å². The molecule has 0 aromatic carbocycles. The number of hydrogen-bond donors (Lipinski definition) is 0. The Morgan fingerprint density at radius 3 is 1.77 bits per heavy atom. The Morgan fingerprint density at radius 1 is 1.15 bits per heavy atom. The van der Waals surface area contributed by atoms with Crippen LogP contribution in [-0.2, 0) is 19.1 Å². The molecule has 0 N–H and O–H groups in total. The fraction of sp³-hybridized carbons (Fsp3) is 0.400. The third kappa shape index (κ3) is 6.28. The zero-order valence-corrected chi connectivity index (χ0v) is 8.57. The minimum Gasteiger partial charge on any atom is -0.380 e. The predicted molar refractivity (Wildman–Crippen MR) is 27.8 cm³/mol. The number of carbonyl (C=O) groups is 3. The van der Waals surface area contributed by atoms with Crippen LogP contribution in [-0.4, -0.2) is 23.9 Å². The van der Waals surface area contributed by atoms with Gasteiger partial charge in [-0.1, -0.05) is 0 Å². The zero-order chi connectivity index (χ0) is 9.94. The number of rotatable bonds is 1. The zero-order valence-electron chi connectivity index (χ0n) is 6.14. The number of Topliss-reactive ketones (excluding diaryl/α,β-unsaturated/α-hetero) is 1. The molecular weight excluding hydrogens is 333 g/mol. The van der Waals surface area contributed by atoms with E-state index in [2.05, 4.69) is 4.74 Å². The summed E-state index contributed by atoms with van der Waals surface area (Å²) in [7, 11) is 0. The molecule has 0 atom stereocenters. The second kappa shape index (κ2) is 5.82. The molecule has 8 heteroatoms. The van der Waals surface area contributed by atoms with Crippen LogP contribution in [0.4, 0.5) is 13.2 Å². The monoisotopic (exact) mass is 337 g/mol. The minimum atomic E-state index is -5.26. The SMILES string of the molecule is CC(=O)C(=O)OC(=O)C(F)(F)F.[Eu]. The quantitative estimate of drug-likeness (QED) is 0.390. The van der Waals surface area contributed by atoms with Gasteiger partial charge in [-0.25, -0.2) is 9.59 Å². The molecule has 1 radical (unpaired) electrons. The average molecular weight is 336 g/mol. The molecule has 0 rings (SSSR count). The fourth-order valence-electron chi connectivity index (χ4n) is 0.214. The summed E-state index contributed by atoms with van der Waals surface area (Å²) in [4.78, 5) is 30.0. The van der Waals surface area contributed by atoms with E-state index in [0.29, 0.717) is 6.92 Å². The van der Waals surface area contributed by atoms with Gasteiger partial charge in [-0.2, -0.15) is 13.2 Å². The van der Waals surface area contributed by atoms with Crippen LogP contribution in [0.1, 0.15) is 6.92 Å². The van der Waals surface area contributed by atoms with Gasteiger partial charge >= 0.3 is 18.1 Å². The van der Waals surface area contributed by atoms with Gasteiger partial charge in [-0.05, 0) is 0 Å². The molecule has 0 saturated carbocycles. The van der Waals surface area contributed by atoms with Crippen molar-refractivity contribution < 1.29 is 81.7 Å². The van der Waals surface area contributed by atoms with Gasteiger partial charge in [0.1, 0.15) is 0 Å². The van der Waals surface area contributed by atoms with E-state index in [1.54, 1.807) is 0 Å². The topological polar surface area (TPSA) is 60.4 Å². The first-order valence-electron chi connectivity index (χ1n) is 2.59. The van der Waals surface area contributed by atoms with E-state index in [9.17, 15) is 27.6 Å². The third-order valence-electron chi connectivity index (χ3n) is 0.704. The smallest absolute Gasteiger partial charge is 0.380 e. The molecule has 0 spiro atoms. The summed E-state index contributed by atoms with van der Waals surface area (Å²) in [5, 5.41) is 0. The van der Waals surface area contributed by atoms with Crippen molar-refractivity contribution in [2.75, 3.05) is 0 Å². The number of ketones is 1. The Balaban J connectivity index is 0. The molecule has 75 valence electrons. The van der Waals surface area contributed by atoms with E-state index < -0.39 is 23.9 Å². The van der Waals surface area contributed by atoms with Crippen molar-refractivity contribution in [2.24, 2.45) is 0 Å². The number of hydrogen-bond acceptors (Lipinski definition) is 4. The Bertz CT molecular complexity index is 234. The summed E-state index contributed by atoms with van der Waals surface area (Å²) < 4.78 is 37.1. The number of halogens is 3. The first-order chi connectivity index (χ1) is 5.25. The molecule has 0 aromatic rings. The van der Waals surface area contributed by atoms with Crippen molar-refractivity contribution >= 4 is 17.7 Å². The van der Waals surface area contributed by atoms with Gasteiger partial charge in [-0.3, -0.25) is 4.79 Å². The molecule has 0 aliphatic heterocycles. The maximum absolute atomic E-state index is 11.3. The summed E-state index contributed by atoms with van der Waals surface area (Å²) in [5.41, 5.74) is 0. The molecule has 4 nitrogen and oxygen atoms in total. The summed E-state index contributed by atoms with van der Waals surface area (Å²) in [5.74, 6) is -5.78. The minimum absolute atomic E-state index is 0. The molecule has 13 heavy (non-hydrogen) atoms. The molecule has 0 heterocycles. The molecule has 0 amide bonds. The summed E-state index contributed by atoms with van der Waals surface area (Å²) in [6, 6.07) is 0. The Kier molecular flexibility index (Phi) is 7.00. The number of esters is 2. The Hall–Kier alpha value is 0.184. The Labute approximate surface area is 111 Å². The van der Waals surface area contributed by atoms with E-state index in [0.717, 1.165) is 0 Å². The van der Waals surface area contributed by atoms with Gasteiger partial charge in [0, 0.05) is 56.3 Å². The van der Waals surface area contributed by atoms with Crippen molar-refractivity contribution in [3.63, 3.8) is 0 Å². The van der Waals surface area contributed by atoms with Crippen molar-refractivity contribution in [3.8, 4) is 0 Å². The van der Waals surface area contributed by atoms with E-state index in [-0.39, 0.29) is 49.4 Å². The first-order valence-corrected chi connectivity index (χ1v) is 2.59. The van der Waals surface area contributed by atoms with Crippen molar-refractivity contribution in [1.29, 1.82) is 0 Å². The maximum atomic E-state index is 11.3. The largest absolute Gasteiger partial charge is 0.491 e. The molecule has 0 unspecified atom stereocenters. The van der Waals surface area contributed by atoms with Gasteiger partial charge < -0.3 is 4.74 Å². The van der Waals surface area contributed by atoms with Gasteiger partial charge in [-0.15, -0.1) is 0 Å². The summed E-state index contributed by atoms with van der Waals surface area (Å²) in [6.45, 7) is 0.686. The van der Waals surface area contributed by atoms with Crippen molar-refractivity contribution in [1.82, 2.24) is 0 Å². The summed E-state index contributed by atoms with van der Waals surface area (Å²) >= 11 is 0. The first kappa shape index (κ1) is 15.6. The van der Waals surface area contributed by atoms with Crippen LogP contribution in [0.3, 0.4) is 0 Å². The van der Waals surface area contributed by atoms with Crippen LogP contribution in [0, 0.1) is 49.4 Å². The summed E-state index contributed by atoms with van der Waals surface area (Å²) in [6.07, 6.45) is -5.26. The maximum Gasteiger partial charge on any atom is 0.491 e. The molecule has 0 aliphatic rings. The normalized spacial score (nSPS) is 9.85. The van der Waals surface area contributed by atoms with Crippen LogP contribution in [0.2, 0.25) is 0 Å². The third-order valence-corrected chi connectivity index (χ3v) is 0.704. The van der Waals surface area contributed by atoms with Gasteiger partial charge in [0.25, 0.3) is 0 Å². The van der Waals surface area contributed by atoms with Crippen molar-refractivity contribution in [3.05, 3.63) is 0 Å². The van der Waals surface area contributed by atoms with Crippen LogP contribution >= 0.6 is 0 Å². The van der Waals surface area contributed by atoms with Crippen LogP contribution in [0.5, 0.6) is 0 Å². The molecule has 0 saturated heterocycles. The van der Waals surface area contributed by atoms with Crippen molar-refractivity contribution in [2.45, 2.75) is 13.1 Å². The number of carbonyl (C=O) groups excluding carboxylic acids is 3. The molecular formula is C5H3EuF3O4. The van der Waals surface area contributed by atoms with E-state index >= 15 is 0 Å². The van der Waals surface area contributed by atoms with E-state index in [1.165, 1.54) is 0 Å². The standard InChI is InChI=1S/C5H3F3O4.Eu/c1-2(9)3(10)12-4(11)5(6,7)8;/h1H3;. The van der Waals surface area contributed by atoms with Crippen LogP contribution in [0.25, 0.3) is 0 Å². The number of alkyl halides is 3. The van der Waals surface area contributed by atoms with Gasteiger partial charge in [0.15, 0.2) is 0 Å². The average Bonchev–Trinajstić information content (AvgIpc) is 1.85. The van der Waals surface area contributed by atoms with E-state index in [4.69, 9.17) is 0 Å². The second-order valence-electron chi connectivity index (χ2n) is 1.73. The molecule has 0 fully saturated rings. The second-order valence-corrected chi connectivity index (χ2v) is 1.73. The predicted octanol–water partition coefficient (Wildman–Crippen LogP) is 0.208. The molecule has 0 aliphatic carbocycles. The van der Waals surface area contributed by atoms with Crippen LogP contribution < -0.4 is 0 Å². The number of ether oxygens (including phenoxy) is 1. The van der Waals surface area contributed by atoms with Gasteiger partial charge in [0.2, 0.25) is 5.78 Å². The Morgan fingerprint density at radius 2 is 1.54 bits per heavy atom. The molecule has 0 bridgehead atoms. The van der Waals surface area contributed by atoms with Gasteiger partial charge in [0.05, 0.1) is 0 Å².